The lowest BCUT2D eigenvalue weighted by molar-refractivity contribution is 0.414. The maximum Gasteiger partial charge on any atom is 0.119 e. The van der Waals surface area contributed by atoms with Gasteiger partial charge in [-0.2, -0.15) is 0 Å². The molecule has 0 saturated heterocycles. The van der Waals surface area contributed by atoms with Crippen molar-refractivity contribution in [3.8, 4) is 5.75 Å². The van der Waals surface area contributed by atoms with E-state index in [9.17, 15) is 0 Å². The molecule has 0 aliphatic carbocycles. The molecule has 1 N–H and O–H groups in total. The summed E-state index contributed by atoms with van der Waals surface area (Å²) in [6.45, 7) is 1.84. The number of nitrogens with zero attached hydrogens (tertiary/aromatic N) is 1. The minimum Gasteiger partial charge on any atom is -0.497 e. The van der Waals surface area contributed by atoms with Gasteiger partial charge in [0.15, 0.2) is 0 Å². The third kappa shape index (κ3) is 3.86. The van der Waals surface area contributed by atoms with Gasteiger partial charge in [-0.1, -0.05) is 12.1 Å². The van der Waals surface area contributed by atoms with Crippen molar-refractivity contribution in [2.24, 2.45) is 0 Å². The van der Waals surface area contributed by atoms with Gasteiger partial charge in [-0.3, -0.25) is 4.98 Å². The normalized spacial score (nSPS) is 10.3. The van der Waals surface area contributed by atoms with Gasteiger partial charge in [0.25, 0.3) is 0 Å². The molecular weight excluding hydrogens is 224 g/mol. The Balaban J connectivity index is 1.75. The SMILES string of the molecule is COc1cccc(CCNCc2ccncc2)c1. The molecule has 0 bridgehead atoms. The number of aromatic nitrogens is 1. The number of nitrogens with one attached hydrogen (secondary N) is 1. The van der Waals surface area contributed by atoms with Gasteiger partial charge in [0.1, 0.15) is 5.75 Å². The minimum absolute atomic E-state index is 0.881. The molecule has 0 atom stereocenters. The first-order valence-corrected chi connectivity index (χ1v) is 6.11. The van der Waals surface area contributed by atoms with Gasteiger partial charge in [-0.25, -0.2) is 0 Å². The zero-order chi connectivity index (χ0) is 12.6. The number of rotatable bonds is 6. The Morgan fingerprint density at radius 3 is 2.72 bits per heavy atom. The van der Waals surface area contributed by atoms with E-state index in [2.05, 4.69) is 22.4 Å². The third-order valence-electron chi connectivity index (χ3n) is 2.80. The van der Waals surface area contributed by atoms with Crippen LogP contribution in [0.3, 0.4) is 0 Å². The fourth-order valence-electron chi connectivity index (χ4n) is 1.79. The van der Waals surface area contributed by atoms with Gasteiger partial charge in [-0.05, 0) is 48.4 Å². The van der Waals surface area contributed by atoms with Crippen LogP contribution in [0.15, 0.2) is 48.8 Å². The second kappa shape index (κ2) is 6.77. The maximum atomic E-state index is 5.20. The number of hydrogen-bond acceptors (Lipinski definition) is 3. The molecule has 94 valence electrons. The number of methoxy groups -OCH3 is 1. The predicted octanol–water partition coefficient (Wildman–Crippen LogP) is 2.42. The molecule has 0 radical (unpaired) electrons. The van der Waals surface area contributed by atoms with Crippen LogP contribution in [0.25, 0.3) is 0 Å². The quantitative estimate of drug-likeness (QED) is 0.790. The Bertz CT molecular complexity index is 471. The minimum atomic E-state index is 0.881. The zero-order valence-electron chi connectivity index (χ0n) is 10.6. The number of hydrogen-bond donors (Lipinski definition) is 1. The highest BCUT2D eigenvalue weighted by atomic mass is 16.5. The fourth-order valence-corrected chi connectivity index (χ4v) is 1.79. The van der Waals surface area contributed by atoms with Crippen molar-refractivity contribution in [2.75, 3.05) is 13.7 Å². The number of ether oxygens (including phenoxy) is 1. The van der Waals surface area contributed by atoms with Gasteiger partial charge < -0.3 is 10.1 Å². The molecule has 18 heavy (non-hydrogen) atoms. The van der Waals surface area contributed by atoms with E-state index in [0.29, 0.717) is 0 Å². The van der Waals surface area contributed by atoms with E-state index >= 15 is 0 Å². The van der Waals surface area contributed by atoms with E-state index in [1.807, 2.05) is 36.7 Å². The predicted molar refractivity (Wildman–Crippen MR) is 72.6 cm³/mol. The molecule has 0 aliphatic rings. The van der Waals surface area contributed by atoms with E-state index in [1.165, 1.54) is 11.1 Å². The van der Waals surface area contributed by atoms with Crippen molar-refractivity contribution in [1.82, 2.24) is 10.3 Å². The van der Waals surface area contributed by atoms with Crippen LogP contribution in [0.2, 0.25) is 0 Å². The molecule has 0 amide bonds. The smallest absolute Gasteiger partial charge is 0.119 e. The largest absolute Gasteiger partial charge is 0.497 e. The molecule has 2 aromatic rings. The molecule has 2 rings (SSSR count). The summed E-state index contributed by atoms with van der Waals surface area (Å²) < 4.78 is 5.20. The molecule has 0 saturated carbocycles. The number of pyridine rings is 1. The molecule has 0 aliphatic heterocycles. The zero-order valence-corrected chi connectivity index (χ0v) is 10.6. The molecular formula is C15H18N2O. The molecule has 0 fully saturated rings. The van der Waals surface area contributed by atoms with Crippen LogP contribution in [-0.2, 0) is 13.0 Å². The second-order valence-corrected chi connectivity index (χ2v) is 4.13. The van der Waals surface area contributed by atoms with E-state index in [-0.39, 0.29) is 0 Å². The van der Waals surface area contributed by atoms with E-state index in [4.69, 9.17) is 4.74 Å². The Hall–Kier alpha value is -1.87. The fraction of sp³-hybridized carbons (Fsp3) is 0.267. The third-order valence-corrected chi connectivity index (χ3v) is 2.80. The van der Waals surface area contributed by atoms with Gasteiger partial charge in [0.2, 0.25) is 0 Å². The van der Waals surface area contributed by atoms with Gasteiger partial charge in [0.05, 0.1) is 7.11 Å². The highest BCUT2D eigenvalue weighted by Crippen LogP contribution is 2.12. The second-order valence-electron chi connectivity index (χ2n) is 4.13. The summed E-state index contributed by atoms with van der Waals surface area (Å²) in [6, 6.07) is 12.2. The highest BCUT2D eigenvalue weighted by molar-refractivity contribution is 5.28. The lowest BCUT2D eigenvalue weighted by Crippen LogP contribution is -2.16. The van der Waals surface area contributed by atoms with Crippen LogP contribution < -0.4 is 10.1 Å². The number of benzene rings is 1. The van der Waals surface area contributed by atoms with Crippen molar-refractivity contribution < 1.29 is 4.74 Å². The summed E-state index contributed by atoms with van der Waals surface area (Å²) >= 11 is 0. The highest BCUT2D eigenvalue weighted by Gasteiger charge is 1.96. The van der Waals surface area contributed by atoms with E-state index in [0.717, 1.165) is 25.3 Å². The summed E-state index contributed by atoms with van der Waals surface area (Å²) in [5.41, 5.74) is 2.55. The summed E-state index contributed by atoms with van der Waals surface area (Å²) in [6.07, 6.45) is 4.64. The van der Waals surface area contributed by atoms with E-state index in [1.54, 1.807) is 7.11 Å². The summed E-state index contributed by atoms with van der Waals surface area (Å²) in [7, 11) is 1.70. The van der Waals surface area contributed by atoms with Crippen LogP contribution >= 0.6 is 0 Å². The first-order chi connectivity index (χ1) is 8.88. The van der Waals surface area contributed by atoms with E-state index < -0.39 is 0 Å². The summed E-state index contributed by atoms with van der Waals surface area (Å²) in [4.78, 5) is 4.00. The van der Waals surface area contributed by atoms with Gasteiger partial charge in [-0.15, -0.1) is 0 Å². The maximum absolute atomic E-state index is 5.20. The molecule has 1 aromatic heterocycles. The van der Waals surface area contributed by atoms with Crippen LogP contribution in [0.5, 0.6) is 5.75 Å². The average molecular weight is 242 g/mol. The lowest BCUT2D eigenvalue weighted by atomic mass is 10.1. The Kier molecular flexibility index (Phi) is 4.73. The Labute approximate surface area is 108 Å². The van der Waals surface area contributed by atoms with Gasteiger partial charge >= 0.3 is 0 Å². The standard InChI is InChI=1S/C15H18N2O/c1-18-15-4-2-3-13(11-15)5-10-17-12-14-6-8-16-9-7-14/h2-4,6-9,11,17H,5,10,12H2,1H3. The lowest BCUT2D eigenvalue weighted by Gasteiger charge is -2.06. The molecule has 3 nitrogen and oxygen atoms in total. The topological polar surface area (TPSA) is 34.1 Å². The van der Waals surface area contributed by atoms with Crippen molar-refractivity contribution in [1.29, 1.82) is 0 Å². The molecule has 0 spiro atoms. The van der Waals surface area contributed by atoms with Crippen molar-refractivity contribution in [3.63, 3.8) is 0 Å². The average Bonchev–Trinajstić information content (AvgIpc) is 2.45. The van der Waals surface area contributed by atoms with Crippen molar-refractivity contribution >= 4 is 0 Å². The summed E-state index contributed by atoms with van der Waals surface area (Å²) in [5, 5.41) is 3.42. The van der Waals surface area contributed by atoms with Crippen LogP contribution in [0.4, 0.5) is 0 Å². The van der Waals surface area contributed by atoms with Crippen molar-refractivity contribution in [3.05, 3.63) is 59.9 Å². The molecule has 1 aromatic carbocycles. The molecule has 3 heteroatoms. The molecule has 1 heterocycles. The monoisotopic (exact) mass is 242 g/mol. The van der Waals surface area contributed by atoms with Gasteiger partial charge in [0, 0.05) is 18.9 Å². The Morgan fingerprint density at radius 1 is 1.11 bits per heavy atom. The first-order valence-electron chi connectivity index (χ1n) is 6.11. The summed E-state index contributed by atoms with van der Waals surface area (Å²) in [5.74, 6) is 0.918. The van der Waals surface area contributed by atoms with Crippen LogP contribution in [0, 0.1) is 0 Å². The molecule has 0 unspecified atom stereocenters. The Morgan fingerprint density at radius 2 is 1.94 bits per heavy atom. The van der Waals surface area contributed by atoms with Crippen LogP contribution in [0.1, 0.15) is 11.1 Å². The van der Waals surface area contributed by atoms with Crippen LogP contribution in [-0.4, -0.2) is 18.6 Å². The van der Waals surface area contributed by atoms with Crippen molar-refractivity contribution in [2.45, 2.75) is 13.0 Å². The first kappa shape index (κ1) is 12.6.